The molecule has 4 nitrogen and oxygen atoms in total. The minimum Gasteiger partial charge on any atom is -0.479 e. The summed E-state index contributed by atoms with van der Waals surface area (Å²) in [4.78, 5) is 10.9. The average Bonchev–Trinajstić information content (AvgIpc) is 2.04. The van der Waals surface area contributed by atoms with Gasteiger partial charge in [-0.2, -0.15) is 0 Å². The highest BCUT2D eigenvalue weighted by Gasteiger charge is 2.40. The molecule has 0 aromatic heterocycles. The summed E-state index contributed by atoms with van der Waals surface area (Å²) in [5, 5.41) is 8.95. The molecule has 0 aliphatic heterocycles. The molecule has 4 heteroatoms. The lowest BCUT2D eigenvalue weighted by Gasteiger charge is -2.35. The topological polar surface area (TPSA) is 55.8 Å². The Morgan fingerprint density at radius 2 is 2.00 bits per heavy atom. The van der Waals surface area contributed by atoms with E-state index in [9.17, 15) is 4.79 Å². The van der Waals surface area contributed by atoms with E-state index >= 15 is 0 Å². The van der Waals surface area contributed by atoms with Gasteiger partial charge in [0.25, 0.3) is 0 Å². The van der Waals surface area contributed by atoms with Crippen LogP contribution in [-0.2, 0) is 14.3 Å². The van der Waals surface area contributed by atoms with Crippen LogP contribution in [0.2, 0.25) is 0 Å². The Bertz CT molecular complexity index is 189. The Hall–Kier alpha value is -0.610. The summed E-state index contributed by atoms with van der Waals surface area (Å²) >= 11 is 0. The fourth-order valence-electron chi connectivity index (χ4n) is 1.40. The number of carbonyl (C=O) groups is 1. The summed E-state index contributed by atoms with van der Waals surface area (Å²) < 4.78 is 10.4. The van der Waals surface area contributed by atoms with Crippen molar-refractivity contribution in [1.82, 2.24) is 0 Å². The second-order valence-electron chi connectivity index (χ2n) is 3.87. The molecule has 0 aromatic rings. The first-order valence-electron chi connectivity index (χ1n) is 4.75. The van der Waals surface area contributed by atoms with Crippen LogP contribution in [-0.4, -0.2) is 37.0 Å². The van der Waals surface area contributed by atoms with Crippen molar-refractivity contribution in [3.05, 3.63) is 0 Å². The van der Waals surface area contributed by atoms with Crippen molar-refractivity contribution in [2.75, 3.05) is 13.7 Å². The van der Waals surface area contributed by atoms with E-state index in [0.717, 1.165) is 0 Å². The molecule has 1 N–H and O–H groups in total. The van der Waals surface area contributed by atoms with Gasteiger partial charge in [-0.15, -0.1) is 0 Å². The summed E-state index contributed by atoms with van der Waals surface area (Å²) in [5.74, 6) is -0.955. The van der Waals surface area contributed by atoms with Crippen molar-refractivity contribution in [1.29, 1.82) is 0 Å². The molecule has 0 rings (SSSR count). The van der Waals surface area contributed by atoms with Gasteiger partial charge in [0, 0.05) is 19.1 Å². The summed E-state index contributed by atoms with van der Waals surface area (Å²) in [6.07, 6.45) is -1.00. The highest BCUT2D eigenvalue weighted by molar-refractivity contribution is 5.73. The predicted octanol–water partition coefficient (Wildman–Crippen LogP) is 1.54. The number of carboxylic acids is 1. The number of rotatable bonds is 6. The smallest absolute Gasteiger partial charge is 0.333 e. The minimum atomic E-state index is -0.955. The summed E-state index contributed by atoms with van der Waals surface area (Å²) in [5.41, 5.74) is -0.545. The standard InChI is InChI=1S/C10H20O4/c1-6-14-7(2)10(3,4)8(13-5)9(11)12/h7-8H,6H2,1-5H3,(H,11,12). The van der Waals surface area contributed by atoms with Crippen LogP contribution < -0.4 is 0 Å². The molecule has 0 radical (unpaired) electrons. The van der Waals surface area contributed by atoms with Gasteiger partial charge in [0.15, 0.2) is 6.10 Å². The Morgan fingerprint density at radius 1 is 1.50 bits per heavy atom. The monoisotopic (exact) mass is 204 g/mol. The van der Waals surface area contributed by atoms with Gasteiger partial charge in [-0.05, 0) is 13.8 Å². The maximum Gasteiger partial charge on any atom is 0.333 e. The second kappa shape index (κ2) is 5.32. The highest BCUT2D eigenvalue weighted by atomic mass is 16.5. The van der Waals surface area contributed by atoms with Gasteiger partial charge in [0.2, 0.25) is 0 Å². The van der Waals surface area contributed by atoms with Gasteiger partial charge in [-0.25, -0.2) is 4.79 Å². The Morgan fingerprint density at radius 3 is 2.29 bits per heavy atom. The molecule has 0 heterocycles. The molecule has 0 fully saturated rings. The Kier molecular flexibility index (Phi) is 5.08. The van der Waals surface area contributed by atoms with Crippen LogP contribution in [0.1, 0.15) is 27.7 Å². The van der Waals surface area contributed by atoms with Crippen LogP contribution in [0.5, 0.6) is 0 Å². The lowest BCUT2D eigenvalue weighted by molar-refractivity contribution is -0.164. The average molecular weight is 204 g/mol. The molecule has 0 saturated carbocycles. The fraction of sp³-hybridized carbons (Fsp3) is 0.900. The van der Waals surface area contributed by atoms with Crippen LogP contribution >= 0.6 is 0 Å². The van der Waals surface area contributed by atoms with Crippen LogP contribution in [0.25, 0.3) is 0 Å². The van der Waals surface area contributed by atoms with E-state index in [-0.39, 0.29) is 6.10 Å². The number of aliphatic carboxylic acids is 1. The van der Waals surface area contributed by atoms with Crippen molar-refractivity contribution in [3.8, 4) is 0 Å². The van der Waals surface area contributed by atoms with Crippen molar-refractivity contribution < 1.29 is 19.4 Å². The van der Waals surface area contributed by atoms with Crippen molar-refractivity contribution >= 4 is 5.97 Å². The SMILES string of the molecule is CCOC(C)C(C)(C)C(OC)C(=O)O. The molecule has 0 bridgehead atoms. The zero-order valence-corrected chi connectivity index (χ0v) is 9.53. The first kappa shape index (κ1) is 13.4. The Labute approximate surface area is 85.2 Å². The van der Waals surface area contributed by atoms with Gasteiger partial charge < -0.3 is 14.6 Å². The highest BCUT2D eigenvalue weighted by Crippen LogP contribution is 2.29. The minimum absolute atomic E-state index is 0.159. The fourth-order valence-corrected chi connectivity index (χ4v) is 1.40. The van der Waals surface area contributed by atoms with Gasteiger partial charge in [0.05, 0.1) is 6.10 Å². The van der Waals surface area contributed by atoms with E-state index in [0.29, 0.717) is 6.61 Å². The number of hydrogen-bond donors (Lipinski definition) is 1. The van der Waals surface area contributed by atoms with Crippen LogP contribution in [0, 0.1) is 5.41 Å². The summed E-state index contributed by atoms with van der Waals surface area (Å²) in [6.45, 7) is 7.97. The molecule has 14 heavy (non-hydrogen) atoms. The molecular formula is C10H20O4. The number of hydrogen-bond acceptors (Lipinski definition) is 3. The normalized spacial score (nSPS) is 16.4. The van der Waals surface area contributed by atoms with Crippen LogP contribution in [0.15, 0.2) is 0 Å². The third-order valence-corrected chi connectivity index (χ3v) is 2.60. The molecule has 2 unspecified atom stereocenters. The van der Waals surface area contributed by atoms with Crippen LogP contribution in [0.3, 0.4) is 0 Å². The van der Waals surface area contributed by atoms with E-state index in [1.165, 1.54) is 7.11 Å². The summed E-state index contributed by atoms with van der Waals surface area (Å²) in [6, 6.07) is 0. The maximum atomic E-state index is 10.9. The molecular weight excluding hydrogens is 184 g/mol. The molecule has 0 saturated heterocycles. The maximum absolute atomic E-state index is 10.9. The largest absolute Gasteiger partial charge is 0.479 e. The zero-order valence-electron chi connectivity index (χ0n) is 9.53. The third-order valence-electron chi connectivity index (χ3n) is 2.60. The quantitative estimate of drug-likeness (QED) is 0.713. The van der Waals surface area contributed by atoms with E-state index in [1.54, 1.807) is 0 Å². The van der Waals surface area contributed by atoms with Crippen molar-refractivity contribution in [3.63, 3.8) is 0 Å². The third kappa shape index (κ3) is 2.96. The summed E-state index contributed by atoms with van der Waals surface area (Å²) in [7, 11) is 1.40. The molecule has 84 valence electrons. The molecule has 0 aliphatic rings. The lowest BCUT2D eigenvalue weighted by atomic mass is 9.81. The number of carboxylic acid groups (broad SMARTS) is 1. The van der Waals surface area contributed by atoms with Crippen molar-refractivity contribution in [2.24, 2.45) is 5.41 Å². The van der Waals surface area contributed by atoms with E-state index in [4.69, 9.17) is 14.6 Å². The predicted molar refractivity (Wildman–Crippen MR) is 53.3 cm³/mol. The van der Waals surface area contributed by atoms with E-state index in [2.05, 4.69) is 0 Å². The van der Waals surface area contributed by atoms with Gasteiger partial charge in [-0.1, -0.05) is 13.8 Å². The zero-order chi connectivity index (χ0) is 11.4. The van der Waals surface area contributed by atoms with Crippen LogP contribution in [0.4, 0.5) is 0 Å². The molecule has 0 aromatic carbocycles. The molecule has 0 amide bonds. The molecule has 0 aliphatic carbocycles. The van der Waals surface area contributed by atoms with Gasteiger partial charge in [-0.3, -0.25) is 0 Å². The van der Waals surface area contributed by atoms with E-state index < -0.39 is 17.5 Å². The van der Waals surface area contributed by atoms with Crippen molar-refractivity contribution in [2.45, 2.75) is 39.9 Å². The Balaban J connectivity index is 4.62. The lowest BCUT2D eigenvalue weighted by Crippen LogP contribution is -2.46. The first-order chi connectivity index (χ1) is 6.37. The number of methoxy groups -OCH3 is 1. The second-order valence-corrected chi connectivity index (χ2v) is 3.87. The van der Waals surface area contributed by atoms with Gasteiger partial charge in [0.1, 0.15) is 0 Å². The molecule has 0 spiro atoms. The first-order valence-corrected chi connectivity index (χ1v) is 4.75. The van der Waals surface area contributed by atoms with E-state index in [1.807, 2.05) is 27.7 Å². The molecule has 2 atom stereocenters. The number of ether oxygens (including phenoxy) is 2. The van der Waals surface area contributed by atoms with Gasteiger partial charge >= 0.3 is 5.97 Å².